The monoisotopic (exact) mass is 542 g/mol. The number of aromatic nitrogens is 4. The molecule has 0 radical (unpaired) electrons. The number of alkyl halides is 3. The highest BCUT2D eigenvalue weighted by Crippen LogP contribution is 2.36. The molecule has 3 heterocycles. The number of rotatable bonds is 10. The highest BCUT2D eigenvalue weighted by Gasteiger charge is 2.30. The van der Waals surface area contributed by atoms with Gasteiger partial charge in [0.25, 0.3) is 5.91 Å². The topological polar surface area (TPSA) is 133 Å². The zero-order valence-corrected chi connectivity index (χ0v) is 20.7. The van der Waals surface area contributed by atoms with Crippen LogP contribution in [-0.2, 0) is 6.54 Å². The Labute approximate surface area is 219 Å². The third-order valence-corrected chi connectivity index (χ3v) is 5.20. The van der Waals surface area contributed by atoms with E-state index in [1.807, 2.05) is 6.07 Å². The molecule has 0 spiro atoms. The summed E-state index contributed by atoms with van der Waals surface area (Å²) in [6, 6.07) is 9.99. The first kappa shape index (κ1) is 27.0. The van der Waals surface area contributed by atoms with Crippen LogP contribution in [0.15, 0.2) is 48.9 Å². The predicted octanol–water partition coefficient (Wildman–Crippen LogP) is 4.74. The van der Waals surface area contributed by atoms with Crippen molar-refractivity contribution in [1.82, 2.24) is 19.7 Å². The molecule has 14 heteroatoms. The fraction of sp³-hybridized carbons (Fsp3) is 0.240. The number of hydrogen-bond donors (Lipinski definition) is 1. The van der Waals surface area contributed by atoms with Gasteiger partial charge in [0.15, 0.2) is 29.5 Å². The third kappa shape index (κ3) is 6.63. The standard InChI is InChI=1S/C25H21F3N6O5/c1-36-19-10-16-17(11-20(19)37-2)30-8-6-18(16)39-15-4-5-22(31-12-15)32-24(35)23-21(38-14-25(26,27)28)13-34(33-23)9-3-7-29/h4-6,8,10-13H,3,9,14H2,1-2H3,(H,31,32,35). The number of nitriles is 1. The molecule has 4 aromatic rings. The number of carbonyl (C=O) groups excluding carboxylic acids is 1. The largest absolute Gasteiger partial charge is 0.493 e. The van der Waals surface area contributed by atoms with Crippen LogP contribution in [0.25, 0.3) is 10.9 Å². The number of hydrogen-bond acceptors (Lipinski definition) is 9. The van der Waals surface area contributed by atoms with Crippen molar-refractivity contribution in [2.24, 2.45) is 0 Å². The van der Waals surface area contributed by atoms with Gasteiger partial charge < -0.3 is 24.3 Å². The Bertz CT molecular complexity index is 1520. The molecule has 1 aromatic carbocycles. The minimum Gasteiger partial charge on any atom is -0.493 e. The Balaban J connectivity index is 1.50. The summed E-state index contributed by atoms with van der Waals surface area (Å²) in [4.78, 5) is 21.2. The number of aryl methyl sites for hydroxylation is 1. The molecule has 0 fully saturated rings. The zero-order chi connectivity index (χ0) is 28.0. The van der Waals surface area contributed by atoms with Crippen LogP contribution in [0.3, 0.4) is 0 Å². The van der Waals surface area contributed by atoms with Crippen molar-refractivity contribution in [2.45, 2.75) is 19.1 Å². The average molecular weight is 542 g/mol. The molecule has 0 aliphatic heterocycles. The smallest absolute Gasteiger partial charge is 0.422 e. The van der Waals surface area contributed by atoms with E-state index in [0.29, 0.717) is 33.9 Å². The van der Waals surface area contributed by atoms with Gasteiger partial charge in [-0.15, -0.1) is 0 Å². The first-order valence-electron chi connectivity index (χ1n) is 11.3. The number of amides is 1. The number of anilines is 1. The lowest BCUT2D eigenvalue weighted by atomic mass is 10.2. The van der Waals surface area contributed by atoms with E-state index in [-0.39, 0.29) is 30.2 Å². The molecule has 202 valence electrons. The molecular formula is C25H21F3N6O5. The molecule has 0 atom stereocenters. The van der Waals surface area contributed by atoms with Gasteiger partial charge in [-0.25, -0.2) is 4.98 Å². The summed E-state index contributed by atoms with van der Waals surface area (Å²) in [6.45, 7) is -1.54. The second-order valence-corrected chi connectivity index (χ2v) is 7.89. The molecular weight excluding hydrogens is 521 g/mol. The molecule has 0 saturated heterocycles. The van der Waals surface area contributed by atoms with E-state index in [0.717, 1.165) is 10.9 Å². The van der Waals surface area contributed by atoms with E-state index in [9.17, 15) is 18.0 Å². The van der Waals surface area contributed by atoms with Crippen molar-refractivity contribution in [1.29, 1.82) is 5.26 Å². The van der Waals surface area contributed by atoms with Crippen LogP contribution < -0.4 is 24.3 Å². The normalized spacial score (nSPS) is 11.1. The molecule has 0 saturated carbocycles. The van der Waals surface area contributed by atoms with Crippen LogP contribution in [0.4, 0.5) is 19.0 Å². The Morgan fingerprint density at radius 3 is 2.51 bits per heavy atom. The van der Waals surface area contributed by atoms with Crippen LogP contribution in [0.1, 0.15) is 16.9 Å². The number of halogens is 3. The number of pyridine rings is 2. The predicted molar refractivity (Wildman–Crippen MR) is 131 cm³/mol. The third-order valence-electron chi connectivity index (χ3n) is 5.20. The highest BCUT2D eigenvalue weighted by atomic mass is 19.4. The van der Waals surface area contributed by atoms with Gasteiger partial charge in [0.05, 0.1) is 51.2 Å². The van der Waals surface area contributed by atoms with Crippen molar-refractivity contribution in [2.75, 3.05) is 26.1 Å². The van der Waals surface area contributed by atoms with Crippen molar-refractivity contribution in [3.8, 4) is 34.8 Å². The van der Waals surface area contributed by atoms with Gasteiger partial charge in [-0.2, -0.15) is 23.5 Å². The number of carbonyl (C=O) groups is 1. The van der Waals surface area contributed by atoms with Crippen molar-refractivity contribution < 1.29 is 36.9 Å². The second-order valence-electron chi connectivity index (χ2n) is 7.89. The maximum atomic E-state index is 12.8. The lowest BCUT2D eigenvalue weighted by Gasteiger charge is -2.12. The fourth-order valence-electron chi connectivity index (χ4n) is 3.46. The number of nitrogens with one attached hydrogen (secondary N) is 1. The Morgan fingerprint density at radius 2 is 1.85 bits per heavy atom. The Hall–Kier alpha value is -5.06. The van der Waals surface area contributed by atoms with E-state index in [1.165, 1.54) is 26.5 Å². The number of benzene rings is 1. The summed E-state index contributed by atoms with van der Waals surface area (Å²) < 4.78 is 60.5. The van der Waals surface area contributed by atoms with E-state index in [4.69, 9.17) is 24.2 Å². The van der Waals surface area contributed by atoms with Crippen LogP contribution in [-0.4, -0.2) is 52.7 Å². The molecule has 0 unspecified atom stereocenters. The van der Waals surface area contributed by atoms with Crippen LogP contribution in [0, 0.1) is 11.3 Å². The highest BCUT2D eigenvalue weighted by molar-refractivity contribution is 6.04. The molecule has 11 nitrogen and oxygen atoms in total. The Kier molecular flexibility index (Phi) is 7.99. The molecule has 0 bridgehead atoms. The minimum absolute atomic E-state index is 0.0392. The number of ether oxygens (including phenoxy) is 4. The summed E-state index contributed by atoms with van der Waals surface area (Å²) in [5.74, 6) is 0.682. The first-order valence-corrected chi connectivity index (χ1v) is 11.3. The van der Waals surface area contributed by atoms with Crippen LogP contribution >= 0.6 is 0 Å². The first-order chi connectivity index (χ1) is 18.7. The molecule has 3 aromatic heterocycles. The SMILES string of the molecule is COc1cc2nccc(Oc3ccc(NC(=O)c4nn(CCC#N)cc4OCC(F)(F)F)nc3)c2cc1OC. The second kappa shape index (κ2) is 11.5. The van der Waals surface area contributed by atoms with Gasteiger partial charge in [-0.3, -0.25) is 14.5 Å². The lowest BCUT2D eigenvalue weighted by Crippen LogP contribution is -2.21. The number of fused-ring (bicyclic) bond motifs is 1. The quantitative estimate of drug-likeness (QED) is 0.302. The molecule has 0 aliphatic carbocycles. The number of methoxy groups -OCH3 is 2. The average Bonchev–Trinajstić information content (AvgIpc) is 3.34. The van der Waals surface area contributed by atoms with E-state index >= 15 is 0 Å². The van der Waals surface area contributed by atoms with Crippen LogP contribution in [0.5, 0.6) is 28.7 Å². The summed E-state index contributed by atoms with van der Waals surface area (Å²) in [5, 5.41) is 15.8. The van der Waals surface area contributed by atoms with Gasteiger partial charge >= 0.3 is 6.18 Å². The molecule has 1 N–H and O–H groups in total. The van der Waals surface area contributed by atoms with Crippen LogP contribution in [0.2, 0.25) is 0 Å². The van der Waals surface area contributed by atoms with E-state index < -0.39 is 18.7 Å². The summed E-state index contributed by atoms with van der Waals surface area (Å²) in [6.07, 6.45) is -0.518. The van der Waals surface area contributed by atoms with E-state index in [2.05, 4.69) is 20.4 Å². The van der Waals surface area contributed by atoms with Gasteiger partial charge in [0, 0.05) is 17.6 Å². The maximum Gasteiger partial charge on any atom is 0.422 e. The summed E-state index contributed by atoms with van der Waals surface area (Å²) in [5.41, 5.74) is 0.228. The summed E-state index contributed by atoms with van der Waals surface area (Å²) >= 11 is 0. The lowest BCUT2D eigenvalue weighted by molar-refractivity contribution is -0.153. The van der Waals surface area contributed by atoms with E-state index in [1.54, 1.807) is 30.5 Å². The molecule has 1 amide bonds. The number of nitrogens with zero attached hydrogens (tertiary/aromatic N) is 5. The molecule has 39 heavy (non-hydrogen) atoms. The van der Waals surface area contributed by atoms with Gasteiger partial charge in [-0.1, -0.05) is 0 Å². The molecule has 4 rings (SSSR count). The van der Waals surface area contributed by atoms with Gasteiger partial charge in [0.1, 0.15) is 17.3 Å². The maximum absolute atomic E-state index is 12.8. The molecule has 0 aliphatic rings. The van der Waals surface area contributed by atoms with Gasteiger partial charge in [0.2, 0.25) is 0 Å². The van der Waals surface area contributed by atoms with Gasteiger partial charge in [-0.05, 0) is 24.3 Å². The van der Waals surface area contributed by atoms with Crippen molar-refractivity contribution in [3.63, 3.8) is 0 Å². The van der Waals surface area contributed by atoms with Crippen molar-refractivity contribution in [3.05, 3.63) is 54.6 Å². The van der Waals surface area contributed by atoms with Crippen molar-refractivity contribution >= 4 is 22.6 Å². The fourth-order valence-corrected chi connectivity index (χ4v) is 3.46. The Morgan fingerprint density at radius 1 is 1.08 bits per heavy atom. The zero-order valence-electron chi connectivity index (χ0n) is 20.7. The minimum atomic E-state index is -4.61. The summed E-state index contributed by atoms with van der Waals surface area (Å²) in [7, 11) is 3.03.